The highest BCUT2D eigenvalue weighted by Crippen LogP contribution is 2.29. The molecule has 0 fully saturated rings. The van der Waals surface area contributed by atoms with Gasteiger partial charge in [-0.3, -0.25) is 20.2 Å². The summed E-state index contributed by atoms with van der Waals surface area (Å²) in [6.45, 7) is 1.65. The molecule has 116 valence electrons. The number of hydrogen-bond acceptors (Lipinski definition) is 5. The molecule has 0 spiro atoms. The second-order valence-corrected chi connectivity index (χ2v) is 6.31. The number of amides is 1. The highest BCUT2D eigenvalue weighted by molar-refractivity contribution is 7.22. The normalized spacial score (nSPS) is 10.7. The van der Waals surface area contributed by atoms with Gasteiger partial charge in [-0.2, -0.15) is 0 Å². The van der Waals surface area contributed by atoms with E-state index in [1.54, 1.807) is 25.1 Å². The van der Waals surface area contributed by atoms with Crippen molar-refractivity contribution < 1.29 is 9.72 Å². The van der Waals surface area contributed by atoms with E-state index in [0.717, 1.165) is 10.2 Å². The van der Waals surface area contributed by atoms with Crippen LogP contribution in [0.4, 0.5) is 10.8 Å². The third kappa shape index (κ3) is 3.15. The molecular formula is C15H10ClN3O3S. The summed E-state index contributed by atoms with van der Waals surface area (Å²) < 4.78 is 0.869. The number of fused-ring (bicyclic) bond motifs is 1. The first-order valence-electron chi connectivity index (χ1n) is 6.56. The van der Waals surface area contributed by atoms with Gasteiger partial charge in [-0.15, -0.1) is 0 Å². The Hall–Kier alpha value is -2.51. The number of nitrogens with zero attached hydrogens (tertiary/aromatic N) is 2. The van der Waals surface area contributed by atoms with E-state index < -0.39 is 4.92 Å². The number of hydrogen-bond donors (Lipinski definition) is 1. The number of aromatic nitrogens is 1. The minimum atomic E-state index is -0.494. The molecule has 0 aliphatic carbocycles. The van der Waals surface area contributed by atoms with Crippen molar-refractivity contribution in [1.29, 1.82) is 0 Å². The lowest BCUT2D eigenvalue weighted by molar-refractivity contribution is -0.384. The Labute approximate surface area is 139 Å². The molecule has 0 atom stereocenters. The summed E-state index contributed by atoms with van der Waals surface area (Å²) >= 11 is 7.24. The van der Waals surface area contributed by atoms with Crippen LogP contribution in [0.2, 0.25) is 5.02 Å². The standard InChI is InChI=1S/C15H10ClN3O3S/c1-8-6-10(19(21)22)3-4-11(8)14(20)18-15-17-12-5-2-9(16)7-13(12)23-15/h2-7H,1H3,(H,17,18,20). The molecule has 0 bridgehead atoms. The molecule has 0 unspecified atom stereocenters. The Morgan fingerprint density at radius 1 is 1.30 bits per heavy atom. The highest BCUT2D eigenvalue weighted by Gasteiger charge is 2.15. The molecule has 0 saturated carbocycles. The molecule has 3 aromatic rings. The van der Waals surface area contributed by atoms with Gasteiger partial charge in [-0.1, -0.05) is 22.9 Å². The molecule has 0 radical (unpaired) electrons. The number of nitro groups is 1. The first kappa shape index (κ1) is 15.4. The Morgan fingerprint density at radius 3 is 2.78 bits per heavy atom. The van der Waals surface area contributed by atoms with Crippen LogP contribution < -0.4 is 5.32 Å². The van der Waals surface area contributed by atoms with Crippen LogP contribution in [-0.2, 0) is 0 Å². The van der Waals surface area contributed by atoms with Gasteiger partial charge >= 0.3 is 0 Å². The number of carbonyl (C=O) groups is 1. The molecule has 1 N–H and O–H groups in total. The predicted octanol–water partition coefficient (Wildman–Crippen LogP) is 4.42. The zero-order valence-electron chi connectivity index (χ0n) is 11.9. The van der Waals surface area contributed by atoms with Gasteiger partial charge in [-0.05, 0) is 36.8 Å². The average Bonchev–Trinajstić information content (AvgIpc) is 2.88. The Kier molecular flexibility index (Phi) is 3.97. The number of anilines is 1. The smallest absolute Gasteiger partial charge is 0.269 e. The lowest BCUT2D eigenvalue weighted by Crippen LogP contribution is -2.13. The van der Waals surface area contributed by atoms with Crippen LogP contribution in [0.5, 0.6) is 0 Å². The number of nitrogens with one attached hydrogen (secondary N) is 1. The van der Waals surface area contributed by atoms with E-state index in [9.17, 15) is 14.9 Å². The van der Waals surface area contributed by atoms with Crippen molar-refractivity contribution in [3.63, 3.8) is 0 Å². The van der Waals surface area contributed by atoms with Gasteiger partial charge in [-0.25, -0.2) is 4.98 Å². The fourth-order valence-corrected chi connectivity index (χ4v) is 3.27. The molecule has 1 aromatic heterocycles. The molecule has 3 rings (SSSR count). The van der Waals surface area contributed by atoms with E-state index in [4.69, 9.17) is 11.6 Å². The minimum Gasteiger partial charge on any atom is -0.298 e. The maximum absolute atomic E-state index is 12.3. The fraction of sp³-hybridized carbons (Fsp3) is 0.0667. The van der Waals surface area contributed by atoms with Gasteiger partial charge in [0.2, 0.25) is 0 Å². The summed E-state index contributed by atoms with van der Waals surface area (Å²) in [5, 5.41) is 14.5. The zero-order valence-corrected chi connectivity index (χ0v) is 13.4. The second-order valence-electron chi connectivity index (χ2n) is 4.84. The Bertz CT molecular complexity index is 939. The summed E-state index contributed by atoms with van der Waals surface area (Å²) in [5.74, 6) is -0.359. The van der Waals surface area contributed by atoms with Gasteiger partial charge in [0.05, 0.1) is 15.1 Å². The van der Waals surface area contributed by atoms with Crippen molar-refractivity contribution in [3.8, 4) is 0 Å². The molecule has 2 aromatic carbocycles. The van der Waals surface area contributed by atoms with Crippen molar-refractivity contribution in [1.82, 2.24) is 4.98 Å². The first-order valence-corrected chi connectivity index (χ1v) is 7.76. The van der Waals surface area contributed by atoms with E-state index >= 15 is 0 Å². The highest BCUT2D eigenvalue weighted by atomic mass is 35.5. The summed E-state index contributed by atoms with van der Waals surface area (Å²) in [7, 11) is 0. The third-order valence-electron chi connectivity index (χ3n) is 3.24. The first-order chi connectivity index (χ1) is 10.9. The number of nitro benzene ring substituents is 1. The molecule has 8 heteroatoms. The summed E-state index contributed by atoms with van der Waals surface area (Å²) in [4.78, 5) is 26.9. The molecule has 0 saturated heterocycles. The number of aryl methyl sites for hydroxylation is 1. The van der Waals surface area contributed by atoms with E-state index in [1.165, 1.54) is 29.5 Å². The fourth-order valence-electron chi connectivity index (χ4n) is 2.13. The van der Waals surface area contributed by atoms with Crippen molar-refractivity contribution in [2.24, 2.45) is 0 Å². The van der Waals surface area contributed by atoms with Crippen LogP contribution in [-0.4, -0.2) is 15.8 Å². The largest absolute Gasteiger partial charge is 0.298 e. The van der Waals surface area contributed by atoms with E-state index in [0.29, 0.717) is 21.3 Å². The van der Waals surface area contributed by atoms with Gasteiger partial charge in [0, 0.05) is 22.7 Å². The average molecular weight is 348 g/mol. The van der Waals surface area contributed by atoms with Crippen LogP contribution in [0.3, 0.4) is 0 Å². The number of thiazole rings is 1. The zero-order chi connectivity index (χ0) is 16.6. The molecule has 1 heterocycles. The number of benzene rings is 2. The van der Waals surface area contributed by atoms with E-state index in [2.05, 4.69) is 10.3 Å². The molecule has 0 aliphatic rings. The molecular weight excluding hydrogens is 338 g/mol. The van der Waals surface area contributed by atoms with Crippen LogP contribution in [0.25, 0.3) is 10.2 Å². The summed E-state index contributed by atoms with van der Waals surface area (Å²) in [6, 6.07) is 9.40. The number of non-ortho nitro benzene ring substituents is 1. The second kappa shape index (κ2) is 5.94. The van der Waals surface area contributed by atoms with Crippen molar-refractivity contribution in [2.45, 2.75) is 6.92 Å². The molecule has 1 amide bonds. The lowest BCUT2D eigenvalue weighted by atomic mass is 10.1. The van der Waals surface area contributed by atoms with Gasteiger partial charge < -0.3 is 0 Å². The van der Waals surface area contributed by atoms with E-state index in [1.807, 2.05) is 0 Å². The van der Waals surface area contributed by atoms with Crippen molar-refractivity contribution in [2.75, 3.05) is 5.32 Å². The minimum absolute atomic E-state index is 0.0475. The Morgan fingerprint density at radius 2 is 2.09 bits per heavy atom. The molecule has 6 nitrogen and oxygen atoms in total. The van der Waals surface area contributed by atoms with Crippen LogP contribution in [0.1, 0.15) is 15.9 Å². The number of rotatable bonds is 3. The van der Waals surface area contributed by atoms with Crippen LogP contribution in [0, 0.1) is 17.0 Å². The van der Waals surface area contributed by atoms with Crippen LogP contribution in [0.15, 0.2) is 36.4 Å². The SMILES string of the molecule is Cc1cc([N+](=O)[O-])ccc1C(=O)Nc1nc2ccc(Cl)cc2s1. The number of halogens is 1. The molecule has 23 heavy (non-hydrogen) atoms. The summed E-state index contributed by atoms with van der Waals surface area (Å²) in [6.07, 6.45) is 0. The number of carbonyl (C=O) groups excluding carboxylic acids is 1. The Balaban J connectivity index is 1.87. The monoisotopic (exact) mass is 347 g/mol. The maximum Gasteiger partial charge on any atom is 0.269 e. The lowest BCUT2D eigenvalue weighted by Gasteiger charge is -2.05. The predicted molar refractivity (Wildman–Crippen MR) is 90.4 cm³/mol. The van der Waals surface area contributed by atoms with Gasteiger partial charge in [0.25, 0.3) is 11.6 Å². The van der Waals surface area contributed by atoms with Crippen molar-refractivity contribution >= 4 is 49.9 Å². The van der Waals surface area contributed by atoms with Gasteiger partial charge in [0.1, 0.15) is 0 Å². The van der Waals surface area contributed by atoms with Crippen LogP contribution >= 0.6 is 22.9 Å². The quantitative estimate of drug-likeness (QED) is 0.561. The third-order valence-corrected chi connectivity index (χ3v) is 4.41. The summed E-state index contributed by atoms with van der Waals surface area (Å²) in [5.41, 5.74) is 1.59. The molecule has 0 aliphatic heterocycles. The maximum atomic E-state index is 12.3. The van der Waals surface area contributed by atoms with Gasteiger partial charge in [0.15, 0.2) is 5.13 Å². The van der Waals surface area contributed by atoms with E-state index in [-0.39, 0.29) is 11.6 Å². The topological polar surface area (TPSA) is 85.1 Å². The van der Waals surface area contributed by atoms with Crippen molar-refractivity contribution in [3.05, 3.63) is 62.7 Å².